The molecule has 2 fully saturated rings. The smallest absolute Gasteiger partial charge is 0.321 e. The second kappa shape index (κ2) is 6.18. The number of likely N-dealkylation sites (tertiary alicyclic amines) is 1. The highest BCUT2D eigenvalue weighted by molar-refractivity contribution is 5.95. The van der Waals surface area contributed by atoms with Crippen LogP contribution in [0.3, 0.4) is 0 Å². The Labute approximate surface area is 108 Å². The van der Waals surface area contributed by atoms with Crippen LogP contribution in [0.25, 0.3) is 0 Å². The van der Waals surface area contributed by atoms with Gasteiger partial charge in [0.1, 0.15) is 0 Å². The Morgan fingerprint density at radius 2 is 1.89 bits per heavy atom. The van der Waals surface area contributed by atoms with E-state index in [4.69, 9.17) is 0 Å². The maximum absolute atomic E-state index is 11.7. The number of urea groups is 1. The fourth-order valence-corrected chi connectivity index (χ4v) is 3.34. The van der Waals surface area contributed by atoms with E-state index >= 15 is 0 Å². The molecule has 1 heterocycles. The molecule has 2 N–H and O–H groups in total. The van der Waals surface area contributed by atoms with E-state index in [2.05, 4.69) is 15.5 Å². The van der Waals surface area contributed by atoms with Crippen molar-refractivity contribution in [3.63, 3.8) is 0 Å². The molecular weight excluding hydrogens is 230 g/mol. The Bertz CT molecular complexity index is 317. The average molecular weight is 253 g/mol. The van der Waals surface area contributed by atoms with Crippen molar-refractivity contribution in [1.82, 2.24) is 15.5 Å². The van der Waals surface area contributed by atoms with Gasteiger partial charge in [-0.15, -0.1) is 0 Å². The normalized spacial score (nSPS) is 28.3. The van der Waals surface area contributed by atoms with E-state index in [9.17, 15) is 9.59 Å². The molecule has 1 aliphatic heterocycles. The zero-order valence-electron chi connectivity index (χ0n) is 11.1. The number of hydrogen-bond acceptors (Lipinski definition) is 3. The molecule has 0 aromatic rings. The SMILES string of the molecule is CNC(=O)NC(=O)CN1CCC[C@H]2CCCC[C@@H]21. The van der Waals surface area contributed by atoms with Crippen molar-refractivity contribution in [1.29, 1.82) is 0 Å². The molecule has 0 unspecified atom stereocenters. The van der Waals surface area contributed by atoms with Gasteiger partial charge in [-0.25, -0.2) is 4.79 Å². The Kier molecular flexibility index (Phi) is 4.58. The van der Waals surface area contributed by atoms with Gasteiger partial charge in [0.15, 0.2) is 0 Å². The number of piperidine rings is 1. The van der Waals surface area contributed by atoms with Crippen LogP contribution in [-0.4, -0.2) is 43.0 Å². The van der Waals surface area contributed by atoms with Crippen molar-refractivity contribution >= 4 is 11.9 Å². The van der Waals surface area contributed by atoms with Crippen LogP contribution in [0.4, 0.5) is 4.79 Å². The molecule has 0 radical (unpaired) electrons. The lowest BCUT2D eigenvalue weighted by atomic mass is 9.78. The van der Waals surface area contributed by atoms with E-state index in [0.717, 1.165) is 12.5 Å². The van der Waals surface area contributed by atoms with Gasteiger partial charge in [0.05, 0.1) is 6.54 Å². The van der Waals surface area contributed by atoms with Crippen molar-refractivity contribution in [3.8, 4) is 0 Å². The Morgan fingerprint density at radius 3 is 2.67 bits per heavy atom. The number of hydrogen-bond donors (Lipinski definition) is 2. The molecule has 1 saturated carbocycles. The molecule has 2 atom stereocenters. The van der Waals surface area contributed by atoms with E-state index in [1.54, 1.807) is 0 Å². The maximum atomic E-state index is 11.7. The van der Waals surface area contributed by atoms with Crippen LogP contribution in [0.1, 0.15) is 38.5 Å². The summed E-state index contributed by atoms with van der Waals surface area (Å²) in [6, 6.07) is 0.139. The van der Waals surface area contributed by atoms with E-state index in [1.165, 1.54) is 45.6 Å². The van der Waals surface area contributed by atoms with Gasteiger partial charge in [-0.05, 0) is 38.1 Å². The summed E-state index contributed by atoms with van der Waals surface area (Å²) >= 11 is 0. The summed E-state index contributed by atoms with van der Waals surface area (Å²) in [6.45, 7) is 1.34. The highest BCUT2D eigenvalue weighted by Crippen LogP contribution is 2.34. The molecule has 1 aliphatic carbocycles. The number of nitrogens with zero attached hydrogens (tertiary/aromatic N) is 1. The number of carbonyl (C=O) groups excluding carboxylic acids is 2. The van der Waals surface area contributed by atoms with Crippen LogP contribution in [-0.2, 0) is 4.79 Å². The molecular formula is C13H23N3O2. The van der Waals surface area contributed by atoms with Gasteiger partial charge in [-0.1, -0.05) is 12.8 Å². The Balaban J connectivity index is 1.87. The summed E-state index contributed by atoms with van der Waals surface area (Å²) in [7, 11) is 1.51. The number of nitrogens with one attached hydrogen (secondary N) is 2. The number of carbonyl (C=O) groups is 2. The minimum Gasteiger partial charge on any atom is -0.341 e. The molecule has 0 bridgehead atoms. The lowest BCUT2D eigenvalue weighted by Crippen LogP contribution is -2.51. The molecule has 18 heavy (non-hydrogen) atoms. The fourth-order valence-electron chi connectivity index (χ4n) is 3.34. The summed E-state index contributed by atoms with van der Waals surface area (Å²) in [5.41, 5.74) is 0. The summed E-state index contributed by atoms with van der Waals surface area (Å²) in [5, 5.41) is 4.74. The van der Waals surface area contributed by atoms with E-state index in [1.807, 2.05) is 0 Å². The summed E-state index contributed by atoms with van der Waals surface area (Å²) < 4.78 is 0. The van der Waals surface area contributed by atoms with Crippen LogP contribution in [0.5, 0.6) is 0 Å². The predicted molar refractivity (Wildman–Crippen MR) is 69.2 cm³/mol. The topological polar surface area (TPSA) is 61.4 Å². The largest absolute Gasteiger partial charge is 0.341 e. The number of imide groups is 1. The third-order valence-corrected chi connectivity index (χ3v) is 4.18. The third kappa shape index (κ3) is 3.22. The highest BCUT2D eigenvalue weighted by atomic mass is 16.2. The summed E-state index contributed by atoms with van der Waals surface area (Å²) in [4.78, 5) is 25.1. The molecule has 2 rings (SSSR count). The van der Waals surface area contributed by atoms with Crippen molar-refractivity contribution in [2.75, 3.05) is 20.1 Å². The minimum atomic E-state index is -0.419. The first-order valence-electron chi connectivity index (χ1n) is 6.96. The standard InChI is InChI=1S/C13H23N3O2/c1-14-13(18)15-12(17)9-16-8-4-6-10-5-2-3-7-11(10)16/h10-11H,2-9H2,1H3,(H2,14,15,17,18)/t10-,11+/m1/s1. The molecule has 1 saturated heterocycles. The summed E-state index contributed by atoms with van der Waals surface area (Å²) in [5.74, 6) is 0.570. The summed E-state index contributed by atoms with van der Waals surface area (Å²) in [6.07, 6.45) is 7.59. The van der Waals surface area contributed by atoms with Crippen molar-refractivity contribution in [3.05, 3.63) is 0 Å². The molecule has 5 nitrogen and oxygen atoms in total. The molecule has 0 spiro atoms. The van der Waals surface area contributed by atoms with Gasteiger partial charge >= 0.3 is 6.03 Å². The first-order chi connectivity index (χ1) is 8.70. The van der Waals surface area contributed by atoms with Crippen LogP contribution in [0, 0.1) is 5.92 Å². The quantitative estimate of drug-likeness (QED) is 0.774. The van der Waals surface area contributed by atoms with Crippen LogP contribution < -0.4 is 10.6 Å². The van der Waals surface area contributed by atoms with Crippen LogP contribution >= 0.6 is 0 Å². The zero-order valence-corrected chi connectivity index (χ0v) is 11.1. The molecule has 0 aromatic carbocycles. The molecule has 102 valence electrons. The van der Waals surface area contributed by atoms with E-state index in [-0.39, 0.29) is 5.91 Å². The van der Waals surface area contributed by atoms with Crippen LogP contribution in [0.15, 0.2) is 0 Å². The van der Waals surface area contributed by atoms with E-state index in [0.29, 0.717) is 12.6 Å². The molecule has 2 aliphatic rings. The van der Waals surface area contributed by atoms with Gasteiger partial charge in [0, 0.05) is 13.1 Å². The maximum Gasteiger partial charge on any atom is 0.321 e. The van der Waals surface area contributed by atoms with Crippen molar-refractivity contribution in [2.45, 2.75) is 44.6 Å². The Morgan fingerprint density at radius 1 is 1.17 bits per heavy atom. The van der Waals surface area contributed by atoms with Gasteiger partial charge < -0.3 is 5.32 Å². The second-order valence-electron chi connectivity index (χ2n) is 5.35. The van der Waals surface area contributed by atoms with Gasteiger partial charge in [0.25, 0.3) is 0 Å². The lowest BCUT2D eigenvalue weighted by Gasteiger charge is -2.43. The Hall–Kier alpha value is -1.10. The van der Waals surface area contributed by atoms with Gasteiger partial charge in [-0.3, -0.25) is 15.0 Å². The first-order valence-corrected chi connectivity index (χ1v) is 6.96. The van der Waals surface area contributed by atoms with Crippen molar-refractivity contribution < 1.29 is 9.59 Å². The van der Waals surface area contributed by atoms with Crippen molar-refractivity contribution in [2.24, 2.45) is 5.92 Å². The van der Waals surface area contributed by atoms with Gasteiger partial charge in [0.2, 0.25) is 5.91 Å². The average Bonchev–Trinajstić information content (AvgIpc) is 2.39. The zero-order chi connectivity index (χ0) is 13.0. The van der Waals surface area contributed by atoms with Gasteiger partial charge in [-0.2, -0.15) is 0 Å². The van der Waals surface area contributed by atoms with E-state index < -0.39 is 6.03 Å². The predicted octanol–water partition coefficient (Wildman–Crippen LogP) is 1.10. The minimum absolute atomic E-state index is 0.194. The number of rotatable bonds is 2. The second-order valence-corrected chi connectivity index (χ2v) is 5.35. The molecule has 5 heteroatoms. The molecule has 3 amide bonds. The number of amides is 3. The third-order valence-electron chi connectivity index (χ3n) is 4.18. The van der Waals surface area contributed by atoms with Crippen LogP contribution in [0.2, 0.25) is 0 Å². The first kappa shape index (κ1) is 13.3. The fraction of sp³-hybridized carbons (Fsp3) is 0.846. The number of fused-ring (bicyclic) bond motifs is 1. The molecule has 0 aromatic heterocycles. The highest BCUT2D eigenvalue weighted by Gasteiger charge is 2.33. The lowest BCUT2D eigenvalue weighted by molar-refractivity contribution is -0.122. The monoisotopic (exact) mass is 253 g/mol.